The van der Waals surface area contributed by atoms with Crippen molar-refractivity contribution in [2.45, 2.75) is 12.8 Å². The van der Waals surface area contributed by atoms with Gasteiger partial charge in [0.1, 0.15) is 0 Å². The fraction of sp³-hybridized carbons (Fsp3) is 0.217. The lowest BCUT2D eigenvalue weighted by Gasteiger charge is -2.28. The maximum atomic E-state index is 12.6. The van der Waals surface area contributed by atoms with Crippen LogP contribution in [-0.4, -0.2) is 35.5 Å². The summed E-state index contributed by atoms with van der Waals surface area (Å²) in [5.41, 5.74) is 4.92. The van der Waals surface area contributed by atoms with Crippen molar-refractivity contribution in [1.29, 1.82) is 0 Å². The topological polar surface area (TPSA) is 68.1 Å². The fourth-order valence-corrected chi connectivity index (χ4v) is 5.66. The first-order chi connectivity index (χ1) is 14.5. The average molecular weight is 419 g/mol. The highest BCUT2D eigenvalue weighted by Crippen LogP contribution is 2.33. The predicted octanol–water partition coefficient (Wildman–Crippen LogP) is 4.23. The second-order valence-electron chi connectivity index (χ2n) is 7.67. The van der Waals surface area contributed by atoms with E-state index in [1.807, 2.05) is 50.0 Å². The summed E-state index contributed by atoms with van der Waals surface area (Å²) in [5.74, 6) is 0.212. The molecule has 152 valence electrons. The smallest absolute Gasteiger partial charge is 0.235 e. The molecule has 6 nitrogen and oxygen atoms in total. The van der Waals surface area contributed by atoms with Gasteiger partial charge in [0.2, 0.25) is 10.0 Å². The molecule has 30 heavy (non-hydrogen) atoms. The van der Waals surface area contributed by atoms with E-state index >= 15 is 0 Å². The van der Waals surface area contributed by atoms with Gasteiger partial charge in [-0.2, -0.15) is 5.10 Å². The Morgan fingerprint density at radius 2 is 1.70 bits per heavy atom. The number of benzene rings is 2. The predicted molar refractivity (Wildman–Crippen MR) is 120 cm³/mol. The highest BCUT2D eigenvalue weighted by molar-refractivity contribution is 7.92. The minimum Gasteiger partial charge on any atom is -0.275 e. The van der Waals surface area contributed by atoms with Crippen LogP contribution >= 0.6 is 0 Å². The molecule has 1 saturated heterocycles. The van der Waals surface area contributed by atoms with E-state index in [1.165, 1.54) is 0 Å². The van der Waals surface area contributed by atoms with Crippen LogP contribution in [0.15, 0.2) is 67.3 Å². The molecule has 5 rings (SSSR count). The number of anilines is 1. The Hall–Kier alpha value is -3.19. The Morgan fingerprint density at radius 3 is 2.43 bits per heavy atom. The third kappa shape index (κ3) is 3.35. The summed E-state index contributed by atoms with van der Waals surface area (Å²) < 4.78 is 28.4. The number of fused-ring (bicyclic) bond motifs is 1. The first-order valence-electron chi connectivity index (χ1n) is 9.99. The van der Waals surface area contributed by atoms with E-state index in [0.29, 0.717) is 6.54 Å². The molecule has 0 aliphatic carbocycles. The molecule has 0 saturated carbocycles. The Kier molecular flexibility index (Phi) is 4.55. The van der Waals surface area contributed by atoms with E-state index in [2.05, 4.69) is 34.3 Å². The maximum Gasteiger partial charge on any atom is 0.235 e. The van der Waals surface area contributed by atoms with Gasteiger partial charge in [0.15, 0.2) is 0 Å². The number of rotatable bonds is 3. The van der Waals surface area contributed by atoms with E-state index in [4.69, 9.17) is 0 Å². The van der Waals surface area contributed by atoms with Crippen molar-refractivity contribution in [1.82, 2.24) is 14.8 Å². The minimum atomic E-state index is -3.25. The Bertz CT molecular complexity index is 1330. The summed E-state index contributed by atoms with van der Waals surface area (Å²) >= 11 is 0. The van der Waals surface area contributed by atoms with Gasteiger partial charge >= 0.3 is 0 Å². The fourth-order valence-electron chi connectivity index (χ4n) is 4.03. The average Bonchev–Trinajstić information content (AvgIpc) is 3.19. The number of hydrogen-bond acceptors (Lipinski definition) is 4. The van der Waals surface area contributed by atoms with E-state index < -0.39 is 10.0 Å². The Morgan fingerprint density at radius 1 is 0.900 bits per heavy atom. The SMILES string of the molecule is Cn1cc(-c2ccc(-c3cncc4ccc(N5CCCCS5(=O)=O)cc34)cc2)cn1. The van der Waals surface area contributed by atoms with Crippen LogP contribution in [0, 0.1) is 0 Å². The molecule has 3 heterocycles. The summed E-state index contributed by atoms with van der Waals surface area (Å²) in [4.78, 5) is 4.40. The van der Waals surface area contributed by atoms with Crippen molar-refractivity contribution in [2.24, 2.45) is 7.05 Å². The zero-order valence-electron chi connectivity index (χ0n) is 16.7. The molecule has 0 unspecified atom stereocenters. The van der Waals surface area contributed by atoms with Crippen molar-refractivity contribution in [3.8, 4) is 22.3 Å². The molecule has 7 heteroatoms. The summed E-state index contributed by atoms with van der Waals surface area (Å²) in [5, 5.41) is 6.22. The van der Waals surface area contributed by atoms with E-state index in [-0.39, 0.29) is 5.75 Å². The van der Waals surface area contributed by atoms with Crippen LogP contribution < -0.4 is 4.31 Å². The van der Waals surface area contributed by atoms with Crippen LogP contribution in [0.4, 0.5) is 5.69 Å². The zero-order valence-corrected chi connectivity index (χ0v) is 17.5. The third-order valence-corrected chi connectivity index (χ3v) is 7.49. The molecule has 0 amide bonds. The van der Waals surface area contributed by atoms with Gasteiger partial charge in [0, 0.05) is 48.7 Å². The molecule has 0 radical (unpaired) electrons. The standard InChI is InChI=1S/C23H22N4O2S/c1-26-16-20(14-25-26)17-4-6-18(7-5-17)23-15-24-13-19-8-9-21(12-22(19)23)27-10-2-3-11-30(27,28)29/h4-9,12-16H,2-3,10-11H2,1H3. The molecular weight excluding hydrogens is 396 g/mol. The van der Waals surface area contributed by atoms with Crippen molar-refractivity contribution < 1.29 is 8.42 Å². The van der Waals surface area contributed by atoms with E-state index in [1.54, 1.807) is 8.99 Å². The quantitative estimate of drug-likeness (QED) is 0.499. The summed E-state index contributed by atoms with van der Waals surface area (Å²) in [7, 11) is -1.34. The molecule has 4 aromatic rings. The van der Waals surface area contributed by atoms with Gasteiger partial charge in [0.25, 0.3) is 0 Å². The molecule has 0 bridgehead atoms. The van der Waals surface area contributed by atoms with Gasteiger partial charge in [-0.1, -0.05) is 30.3 Å². The number of nitrogens with zero attached hydrogens (tertiary/aromatic N) is 4. The molecule has 0 N–H and O–H groups in total. The number of hydrogen-bond donors (Lipinski definition) is 0. The molecule has 2 aromatic heterocycles. The van der Waals surface area contributed by atoms with Gasteiger partial charge in [-0.05, 0) is 41.5 Å². The summed E-state index contributed by atoms with van der Waals surface area (Å²) in [6.07, 6.45) is 9.11. The lowest BCUT2D eigenvalue weighted by Crippen LogP contribution is -2.37. The number of aryl methyl sites for hydroxylation is 1. The van der Waals surface area contributed by atoms with Crippen molar-refractivity contribution in [2.75, 3.05) is 16.6 Å². The highest BCUT2D eigenvalue weighted by atomic mass is 32.2. The van der Waals surface area contributed by atoms with Crippen LogP contribution in [-0.2, 0) is 17.1 Å². The second kappa shape index (κ2) is 7.25. The molecule has 0 spiro atoms. The Labute approximate surface area is 175 Å². The number of aromatic nitrogens is 3. The Balaban J connectivity index is 1.57. The first kappa shape index (κ1) is 18.8. The maximum absolute atomic E-state index is 12.6. The lowest BCUT2D eigenvalue weighted by molar-refractivity contribution is 0.574. The molecule has 1 fully saturated rings. The van der Waals surface area contributed by atoms with Crippen molar-refractivity contribution >= 4 is 26.5 Å². The molecule has 1 aliphatic rings. The number of pyridine rings is 1. The van der Waals surface area contributed by atoms with E-state index in [9.17, 15) is 8.42 Å². The zero-order chi connectivity index (χ0) is 20.7. The largest absolute Gasteiger partial charge is 0.275 e. The number of sulfonamides is 1. The van der Waals surface area contributed by atoms with Crippen LogP contribution in [0.3, 0.4) is 0 Å². The van der Waals surface area contributed by atoms with Crippen LogP contribution in [0.5, 0.6) is 0 Å². The van der Waals surface area contributed by atoms with Gasteiger partial charge in [-0.25, -0.2) is 8.42 Å². The van der Waals surface area contributed by atoms with Crippen molar-refractivity contribution in [3.63, 3.8) is 0 Å². The van der Waals surface area contributed by atoms with Crippen LogP contribution in [0.1, 0.15) is 12.8 Å². The third-order valence-electron chi connectivity index (χ3n) is 5.62. The molecule has 1 aliphatic heterocycles. The summed E-state index contributed by atoms with van der Waals surface area (Å²) in [6, 6.07) is 14.1. The van der Waals surface area contributed by atoms with Gasteiger partial charge in [-0.15, -0.1) is 0 Å². The minimum absolute atomic E-state index is 0.212. The molecule has 0 atom stereocenters. The first-order valence-corrected chi connectivity index (χ1v) is 11.6. The van der Waals surface area contributed by atoms with Crippen LogP contribution in [0.2, 0.25) is 0 Å². The highest BCUT2D eigenvalue weighted by Gasteiger charge is 2.26. The second-order valence-corrected chi connectivity index (χ2v) is 9.68. The van der Waals surface area contributed by atoms with Crippen molar-refractivity contribution in [3.05, 3.63) is 67.3 Å². The lowest BCUT2D eigenvalue weighted by atomic mass is 9.98. The van der Waals surface area contributed by atoms with E-state index in [0.717, 1.165) is 51.6 Å². The van der Waals surface area contributed by atoms with Gasteiger partial charge < -0.3 is 0 Å². The normalized spacial score (nSPS) is 16.1. The summed E-state index contributed by atoms with van der Waals surface area (Å²) in [6.45, 7) is 0.536. The van der Waals surface area contributed by atoms with Gasteiger partial charge in [-0.3, -0.25) is 14.0 Å². The molecular formula is C23H22N4O2S. The van der Waals surface area contributed by atoms with Crippen LogP contribution in [0.25, 0.3) is 33.0 Å². The van der Waals surface area contributed by atoms with Gasteiger partial charge in [0.05, 0.1) is 17.6 Å². The monoisotopic (exact) mass is 418 g/mol. The molecule has 2 aromatic carbocycles.